The highest BCUT2D eigenvalue weighted by Crippen LogP contribution is 2.28. The van der Waals surface area contributed by atoms with Crippen LogP contribution in [0.3, 0.4) is 0 Å². The maximum Gasteiger partial charge on any atom is 0.389 e. The van der Waals surface area contributed by atoms with Crippen LogP contribution >= 0.6 is 0 Å². The fourth-order valence-corrected chi connectivity index (χ4v) is 3.22. The van der Waals surface area contributed by atoms with Crippen molar-refractivity contribution in [3.05, 3.63) is 0 Å². The van der Waals surface area contributed by atoms with Gasteiger partial charge in [-0.15, -0.1) is 0 Å². The van der Waals surface area contributed by atoms with E-state index in [0.29, 0.717) is 6.42 Å². The summed E-state index contributed by atoms with van der Waals surface area (Å²) in [5, 5.41) is 3.24. The average Bonchev–Trinajstić information content (AvgIpc) is 2.62. The first-order chi connectivity index (χ1) is 9.27. The summed E-state index contributed by atoms with van der Waals surface area (Å²) in [6, 6.07) is 0.1000. The van der Waals surface area contributed by atoms with Crippen LogP contribution in [0.1, 0.15) is 58.8 Å². The van der Waals surface area contributed by atoms with Gasteiger partial charge in [-0.05, 0) is 59.7 Å². The quantitative estimate of drug-likeness (QED) is 0.797. The van der Waals surface area contributed by atoms with Crippen LogP contribution in [0.4, 0.5) is 13.2 Å². The van der Waals surface area contributed by atoms with Crippen LogP contribution in [0.5, 0.6) is 0 Å². The van der Waals surface area contributed by atoms with E-state index in [1.165, 1.54) is 25.7 Å². The lowest BCUT2D eigenvalue weighted by atomic mass is 9.88. The fraction of sp³-hybridized carbons (Fsp3) is 1.00. The van der Waals surface area contributed by atoms with Crippen molar-refractivity contribution >= 4 is 0 Å². The fourth-order valence-electron chi connectivity index (χ4n) is 3.22. The largest absolute Gasteiger partial charge is 0.389 e. The smallest absolute Gasteiger partial charge is 0.315 e. The molecule has 0 aromatic heterocycles. The van der Waals surface area contributed by atoms with Crippen LogP contribution in [-0.2, 0) is 0 Å². The number of alkyl halides is 3. The molecule has 1 fully saturated rings. The van der Waals surface area contributed by atoms with Gasteiger partial charge in [0, 0.05) is 18.0 Å². The van der Waals surface area contributed by atoms with Gasteiger partial charge in [-0.1, -0.05) is 12.8 Å². The summed E-state index contributed by atoms with van der Waals surface area (Å²) in [4.78, 5) is 2.45. The average molecular weight is 294 g/mol. The van der Waals surface area contributed by atoms with Crippen molar-refractivity contribution < 1.29 is 13.2 Å². The second kappa shape index (κ2) is 7.64. The van der Waals surface area contributed by atoms with Crippen molar-refractivity contribution in [2.45, 2.75) is 76.6 Å². The molecule has 1 N–H and O–H groups in total. The van der Waals surface area contributed by atoms with E-state index in [2.05, 4.69) is 24.1 Å². The van der Waals surface area contributed by atoms with Crippen LogP contribution < -0.4 is 5.32 Å². The molecule has 0 radical (unpaired) electrons. The molecule has 0 aliphatic carbocycles. The molecule has 0 spiro atoms. The van der Waals surface area contributed by atoms with Gasteiger partial charge in [0.2, 0.25) is 0 Å². The van der Waals surface area contributed by atoms with Gasteiger partial charge >= 0.3 is 6.18 Å². The van der Waals surface area contributed by atoms with E-state index < -0.39 is 12.6 Å². The number of nitrogens with one attached hydrogen (secondary N) is 1. The SMILES string of the molecule is CNC(CCCC(F)(F)F)C(C)(C)N1CCCCCC1. The molecule has 1 saturated heterocycles. The van der Waals surface area contributed by atoms with Crippen LogP contribution in [0.15, 0.2) is 0 Å². The molecule has 1 unspecified atom stereocenters. The summed E-state index contributed by atoms with van der Waals surface area (Å²) in [6.07, 6.45) is 0.985. The Labute approximate surface area is 121 Å². The Morgan fingerprint density at radius 1 is 1.05 bits per heavy atom. The minimum Gasteiger partial charge on any atom is -0.315 e. The van der Waals surface area contributed by atoms with Crippen LogP contribution in [0.25, 0.3) is 0 Å². The monoisotopic (exact) mass is 294 g/mol. The van der Waals surface area contributed by atoms with Gasteiger partial charge in [-0.2, -0.15) is 13.2 Å². The Morgan fingerprint density at radius 2 is 1.60 bits per heavy atom. The second-order valence-electron chi connectivity index (χ2n) is 6.40. The topological polar surface area (TPSA) is 15.3 Å². The molecule has 0 saturated carbocycles. The summed E-state index contributed by atoms with van der Waals surface area (Å²) in [5.41, 5.74) is -0.0926. The zero-order valence-electron chi connectivity index (χ0n) is 13.0. The first-order valence-corrected chi connectivity index (χ1v) is 7.76. The van der Waals surface area contributed by atoms with E-state index in [0.717, 1.165) is 13.1 Å². The van der Waals surface area contributed by atoms with Gasteiger partial charge in [0.25, 0.3) is 0 Å². The molecule has 2 nitrogen and oxygen atoms in total. The minimum atomic E-state index is -4.04. The molecule has 0 amide bonds. The lowest BCUT2D eigenvalue weighted by Gasteiger charge is -2.44. The molecule has 1 aliphatic heterocycles. The van der Waals surface area contributed by atoms with Crippen molar-refractivity contribution in [3.8, 4) is 0 Å². The van der Waals surface area contributed by atoms with Gasteiger partial charge < -0.3 is 5.32 Å². The lowest BCUT2D eigenvalue weighted by Crippen LogP contribution is -2.57. The normalized spacial score (nSPS) is 20.7. The molecule has 1 heterocycles. The first kappa shape index (κ1) is 17.8. The summed E-state index contributed by atoms with van der Waals surface area (Å²) in [6.45, 7) is 6.44. The number of halogens is 3. The van der Waals surface area contributed by atoms with Gasteiger partial charge in [-0.3, -0.25) is 4.90 Å². The van der Waals surface area contributed by atoms with Gasteiger partial charge in [-0.25, -0.2) is 0 Å². The van der Waals surface area contributed by atoms with E-state index in [-0.39, 0.29) is 18.0 Å². The molecule has 120 valence electrons. The molecule has 20 heavy (non-hydrogen) atoms. The van der Waals surface area contributed by atoms with Crippen molar-refractivity contribution in [2.24, 2.45) is 0 Å². The van der Waals surface area contributed by atoms with Gasteiger partial charge in [0.1, 0.15) is 0 Å². The molecule has 1 rings (SSSR count). The number of hydrogen-bond donors (Lipinski definition) is 1. The summed E-state index contributed by atoms with van der Waals surface area (Å²) in [5.74, 6) is 0. The third-order valence-corrected chi connectivity index (χ3v) is 4.58. The number of likely N-dealkylation sites (N-methyl/N-ethyl adjacent to an activating group) is 1. The van der Waals surface area contributed by atoms with Crippen LogP contribution in [0, 0.1) is 0 Å². The van der Waals surface area contributed by atoms with Crippen molar-refractivity contribution in [1.82, 2.24) is 10.2 Å². The molecule has 0 bridgehead atoms. The van der Waals surface area contributed by atoms with E-state index in [9.17, 15) is 13.2 Å². The number of nitrogens with zero attached hydrogens (tertiary/aromatic N) is 1. The highest BCUT2D eigenvalue weighted by molar-refractivity contribution is 4.93. The molecule has 1 atom stereocenters. The highest BCUT2D eigenvalue weighted by Gasteiger charge is 2.35. The van der Waals surface area contributed by atoms with Crippen molar-refractivity contribution in [3.63, 3.8) is 0 Å². The third kappa shape index (κ3) is 5.60. The number of rotatable bonds is 6. The van der Waals surface area contributed by atoms with Crippen molar-refractivity contribution in [1.29, 1.82) is 0 Å². The van der Waals surface area contributed by atoms with E-state index in [1.54, 1.807) is 0 Å². The van der Waals surface area contributed by atoms with Crippen LogP contribution in [-0.4, -0.2) is 42.8 Å². The summed E-state index contributed by atoms with van der Waals surface area (Å²) in [7, 11) is 1.86. The zero-order valence-corrected chi connectivity index (χ0v) is 13.0. The standard InChI is InChI=1S/C15H29F3N2/c1-14(2,20-11-6-4-5-7-12-20)13(19-3)9-8-10-15(16,17)18/h13,19H,4-12H2,1-3H3. The Balaban J connectivity index is 2.56. The lowest BCUT2D eigenvalue weighted by molar-refractivity contribution is -0.136. The minimum absolute atomic E-state index is 0.0926. The molecule has 5 heteroatoms. The van der Waals surface area contributed by atoms with E-state index in [1.807, 2.05) is 7.05 Å². The Hall–Kier alpha value is -0.290. The second-order valence-corrected chi connectivity index (χ2v) is 6.40. The summed E-state index contributed by atoms with van der Waals surface area (Å²) < 4.78 is 36.9. The molecule has 0 aromatic rings. The zero-order chi connectivity index (χ0) is 15.2. The summed E-state index contributed by atoms with van der Waals surface area (Å²) >= 11 is 0. The van der Waals surface area contributed by atoms with Crippen molar-refractivity contribution in [2.75, 3.05) is 20.1 Å². The maximum absolute atomic E-state index is 12.3. The Morgan fingerprint density at radius 3 is 2.05 bits per heavy atom. The van der Waals surface area contributed by atoms with Gasteiger partial charge in [0.05, 0.1) is 0 Å². The third-order valence-electron chi connectivity index (χ3n) is 4.58. The Kier molecular flexibility index (Phi) is 6.79. The van der Waals surface area contributed by atoms with E-state index in [4.69, 9.17) is 0 Å². The Bertz CT molecular complexity index is 269. The highest BCUT2D eigenvalue weighted by atomic mass is 19.4. The number of likely N-dealkylation sites (tertiary alicyclic amines) is 1. The first-order valence-electron chi connectivity index (χ1n) is 7.76. The molecular formula is C15H29F3N2. The molecule has 1 aliphatic rings. The molecular weight excluding hydrogens is 265 g/mol. The number of hydrogen-bond acceptors (Lipinski definition) is 2. The van der Waals surface area contributed by atoms with E-state index >= 15 is 0 Å². The molecule has 0 aromatic carbocycles. The van der Waals surface area contributed by atoms with Gasteiger partial charge in [0.15, 0.2) is 0 Å². The van der Waals surface area contributed by atoms with Crippen LogP contribution in [0.2, 0.25) is 0 Å². The predicted molar refractivity (Wildman–Crippen MR) is 76.9 cm³/mol. The maximum atomic E-state index is 12.3. The predicted octanol–water partition coefficient (Wildman–Crippen LogP) is 3.96.